The molecule has 1 aromatic rings. The number of carboxylic acids is 1. The predicted molar refractivity (Wildman–Crippen MR) is 71.1 cm³/mol. The Balaban J connectivity index is 1.66. The summed E-state index contributed by atoms with van der Waals surface area (Å²) in [4.78, 5) is 27.5. The third-order valence-electron chi connectivity index (χ3n) is 4.12. The van der Waals surface area contributed by atoms with Gasteiger partial charge in [0.05, 0.1) is 17.5 Å². The fourth-order valence-electron chi connectivity index (χ4n) is 2.68. The van der Waals surface area contributed by atoms with Gasteiger partial charge >= 0.3 is 5.97 Å². The Morgan fingerprint density at radius 2 is 2.11 bits per heavy atom. The smallest absolute Gasteiger partial charge is 0.307 e. The highest BCUT2D eigenvalue weighted by molar-refractivity contribution is 7.13. The average molecular weight is 280 g/mol. The maximum Gasteiger partial charge on any atom is 0.307 e. The molecule has 2 atom stereocenters. The van der Waals surface area contributed by atoms with Crippen LogP contribution in [-0.2, 0) is 9.59 Å². The van der Waals surface area contributed by atoms with Crippen LogP contribution in [0.15, 0.2) is 5.38 Å². The van der Waals surface area contributed by atoms with Gasteiger partial charge in [-0.2, -0.15) is 0 Å². The maximum absolute atomic E-state index is 12.1. The van der Waals surface area contributed by atoms with Crippen LogP contribution in [0, 0.1) is 17.3 Å². The van der Waals surface area contributed by atoms with Crippen molar-refractivity contribution >= 4 is 28.3 Å². The van der Waals surface area contributed by atoms with E-state index in [1.165, 1.54) is 24.2 Å². The van der Waals surface area contributed by atoms with Gasteiger partial charge in [-0.05, 0) is 18.3 Å². The number of carbonyl (C=O) groups excluding carboxylic acids is 1. The fourth-order valence-corrected chi connectivity index (χ4v) is 3.48. The van der Waals surface area contributed by atoms with Crippen LogP contribution >= 0.6 is 11.3 Å². The van der Waals surface area contributed by atoms with Gasteiger partial charge in [-0.15, -0.1) is 11.3 Å². The molecule has 3 rings (SSSR count). The molecule has 1 aromatic heterocycles. The number of aromatic nitrogens is 1. The summed E-state index contributed by atoms with van der Waals surface area (Å²) in [5.74, 6) is -1.61. The first-order chi connectivity index (χ1) is 8.91. The lowest BCUT2D eigenvalue weighted by atomic mass is 10.1. The summed E-state index contributed by atoms with van der Waals surface area (Å²) >= 11 is 1.41. The highest BCUT2D eigenvalue weighted by Gasteiger charge is 2.66. The Labute approximate surface area is 115 Å². The summed E-state index contributed by atoms with van der Waals surface area (Å²) in [6, 6.07) is 0. The van der Waals surface area contributed by atoms with E-state index in [1.807, 2.05) is 19.2 Å². The molecule has 2 N–H and O–H groups in total. The maximum atomic E-state index is 12.1. The van der Waals surface area contributed by atoms with Gasteiger partial charge in [-0.1, -0.05) is 13.8 Å². The van der Waals surface area contributed by atoms with Crippen LogP contribution in [0.3, 0.4) is 0 Å². The standard InChI is InChI=1S/C13H16N2O3S/c1-13(2)8(9(13)11(17)18)10(16)15-12-14-7(5-19-12)6-3-4-6/h5-6,8-9H,3-4H2,1-2H3,(H,17,18)(H,14,15,16)/t8-,9+/m1/s1. The van der Waals surface area contributed by atoms with E-state index >= 15 is 0 Å². The second kappa shape index (κ2) is 4.03. The number of thiazole rings is 1. The molecule has 0 spiro atoms. The fraction of sp³-hybridized carbons (Fsp3) is 0.615. The molecule has 5 nitrogen and oxygen atoms in total. The van der Waals surface area contributed by atoms with Crippen molar-refractivity contribution in [3.8, 4) is 0 Å². The number of nitrogens with zero attached hydrogens (tertiary/aromatic N) is 1. The molecule has 102 valence electrons. The first kappa shape index (κ1) is 12.6. The highest BCUT2D eigenvalue weighted by Crippen LogP contribution is 2.58. The van der Waals surface area contributed by atoms with Crippen LogP contribution in [0.25, 0.3) is 0 Å². The molecule has 2 aliphatic rings. The number of amides is 1. The van der Waals surface area contributed by atoms with E-state index < -0.39 is 23.2 Å². The molecule has 1 heterocycles. The van der Waals surface area contributed by atoms with Gasteiger partial charge in [0.1, 0.15) is 0 Å². The Morgan fingerprint density at radius 3 is 2.63 bits per heavy atom. The zero-order chi connectivity index (χ0) is 13.8. The molecular formula is C13H16N2O3S. The number of aliphatic carboxylic acids is 1. The van der Waals surface area contributed by atoms with Crippen molar-refractivity contribution in [2.24, 2.45) is 17.3 Å². The molecule has 2 saturated carbocycles. The second-order valence-electron chi connectivity index (χ2n) is 5.96. The largest absolute Gasteiger partial charge is 0.481 e. The van der Waals surface area contributed by atoms with E-state index in [-0.39, 0.29) is 5.91 Å². The number of anilines is 1. The third kappa shape index (κ3) is 2.14. The summed E-state index contributed by atoms with van der Waals surface area (Å²) < 4.78 is 0. The number of carbonyl (C=O) groups is 2. The Morgan fingerprint density at radius 1 is 1.42 bits per heavy atom. The molecule has 6 heteroatoms. The lowest BCUT2D eigenvalue weighted by molar-refractivity contribution is -0.140. The molecule has 2 aliphatic carbocycles. The summed E-state index contributed by atoms with van der Waals surface area (Å²) in [5, 5.41) is 14.4. The van der Waals surface area contributed by atoms with Crippen molar-refractivity contribution in [2.75, 3.05) is 5.32 Å². The average Bonchev–Trinajstić information content (AvgIpc) is 3.18. The van der Waals surface area contributed by atoms with Crippen LogP contribution in [0.1, 0.15) is 38.3 Å². The minimum Gasteiger partial charge on any atom is -0.481 e. The monoisotopic (exact) mass is 280 g/mol. The van der Waals surface area contributed by atoms with Crippen molar-refractivity contribution in [3.63, 3.8) is 0 Å². The van der Waals surface area contributed by atoms with Gasteiger partial charge in [-0.25, -0.2) is 4.98 Å². The lowest BCUT2D eigenvalue weighted by Crippen LogP contribution is -2.17. The van der Waals surface area contributed by atoms with Crippen molar-refractivity contribution in [2.45, 2.75) is 32.6 Å². The molecule has 0 unspecified atom stereocenters. The summed E-state index contributed by atoms with van der Waals surface area (Å²) in [6.07, 6.45) is 2.35. The number of carboxylic acid groups (broad SMARTS) is 1. The summed E-state index contributed by atoms with van der Waals surface area (Å²) in [7, 11) is 0. The molecule has 1 amide bonds. The first-order valence-electron chi connectivity index (χ1n) is 6.40. The second-order valence-corrected chi connectivity index (χ2v) is 6.81. The van der Waals surface area contributed by atoms with Gasteiger partial charge < -0.3 is 10.4 Å². The molecule has 0 saturated heterocycles. The van der Waals surface area contributed by atoms with Gasteiger partial charge in [0, 0.05) is 11.3 Å². The molecule has 0 radical (unpaired) electrons. The minimum absolute atomic E-state index is 0.228. The molecule has 0 aromatic carbocycles. The number of hydrogen-bond donors (Lipinski definition) is 2. The zero-order valence-corrected chi connectivity index (χ0v) is 11.7. The van der Waals surface area contributed by atoms with Gasteiger partial charge in [-0.3, -0.25) is 9.59 Å². The van der Waals surface area contributed by atoms with Crippen LogP contribution < -0.4 is 5.32 Å². The number of hydrogen-bond acceptors (Lipinski definition) is 4. The molecule has 19 heavy (non-hydrogen) atoms. The Bertz CT molecular complexity index is 548. The number of rotatable bonds is 4. The lowest BCUT2D eigenvalue weighted by Gasteiger charge is -2.02. The van der Waals surface area contributed by atoms with E-state index in [2.05, 4.69) is 10.3 Å². The highest BCUT2D eigenvalue weighted by atomic mass is 32.1. The van der Waals surface area contributed by atoms with E-state index in [1.54, 1.807) is 0 Å². The zero-order valence-electron chi connectivity index (χ0n) is 10.8. The molecule has 0 aliphatic heterocycles. The van der Waals surface area contributed by atoms with Crippen molar-refractivity contribution < 1.29 is 14.7 Å². The van der Waals surface area contributed by atoms with E-state index in [9.17, 15) is 9.59 Å². The first-order valence-corrected chi connectivity index (χ1v) is 7.28. The number of nitrogens with one attached hydrogen (secondary N) is 1. The topological polar surface area (TPSA) is 79.3 Å². The van der Waals surface area contributed by atoms with Crippen LogP contribution in [0.4, 0.5) is 5.13 Å². The van der Waals surface area contributed by atoms with Crippen molar-refractivity contribution in [1.29, 1.82) is 0 Å². The Kier molecular flexibility index (Phi) is 2.67. The SMILES string of the molecule is CC1(C)[C@H](C(=O)O)[C@@H]1C(=O)Nc1nc(C2CC2)cs1. The van der Waals surface area contributed by atoms with Gasteiger partial charge in [0.2, 0.25) is 5.91 Å². The van der Waals surface area contributed by atoms with E-state index in [4.69, 9.17) is 5.11 Å². The van der Waals surface area contributed by atoms with Crippen LogP contribution in [0.5, 0.6) is 0 Å². The third-order valence-corrected chi connectivity index (χ3v) is 4.90. The quantitative estimate of drug-likeness (QED) is 0.887. The minimum atomic E-state index is -0.900. The van der Waals surface area contributed by atoms with Crippen molar-refractivity contribution in [1.82, 2.24) is 4.98 Å². The van der Waals surface area contributed by atoms with Crippen LogP contribution in [-0.4, -0.2) is 22.0 Å². The molecule has 0 bridgehead atoms. The Hall–Kier alpha value is -1.43. The predicted octanol–water partition coefficient (Wildman–Crippen LogP) is 2.32. The van der Waals surface area contributed by atoms with E-state index in [0.29, 0.717) is 11.0 Å². The molecule has 2 fully saturated rings. The molecular weight excluding hydrogens is 264 g/mol. The normalized spacial score (nSPS) is 27.9. The summed E-state index contributed by atoms with van der Waals surface area (Å²) in [6.45, 7) is 3.63. The van der Waals surface area contributed by atoms with Crippen LogP contribution in [0.2, 0.25) is 0 Å². The van der Waals surface area contributed by atoms with Crippen molar-refractivity contribution in [3.05, 3.63) is 11.1 Å². The van der Waals surface area contributed by atoms with Gasteiger partial charge in [0.15, 0.2) is 5.13 Å². The summed E-state index contributed by atoms with van der Waals surface area (Å²) in [5.41, 5.74) is 0.581. The van der Waals surface area contributed by atoms with Gasteiger partial charge in [0.25, 0.3) is 0 Å². The van der Waals surface area contributed by atoms with E-state index in [0.717, 1.165) is 5.69 Å².